The van der Waals surface area contributed by atoms with Gasteiger partial charge in [0.1, 0.15) is 5.60 Å². The van der Waals surface area contributed by atoms with Gasteiger partial charge in [-0.25, -0.2) is 4.79 Å². The quantitative estimate of drug-likeness (QED) is 0.450. The molecule has 2 amide bonds. The van der Waals surface area contributed by atoms with Crippen molar-refractivity contribution in [2.24, 2.45) is 5.73 Å². The Morgan fingerprint density at radius 1 is 1.00 bits per heavy atom. The molecule has 1 atom stereocenters. The fraction of sp³-hybridized carbons (Fsp3) is 0.875. The number of hydrogen-bond acceptors (Lipinski definition) is 6. The van der Waals surface area contributed by atoms with E-state index in [0.29, 0.717) is 52.4 Å². The molecule has 0 aliphatic carbocycles. The molecule has 0 radical (unpaired) electrons. The standard InChI is InChI=1S/C16H33N3O5/c1-13(17)5-6-14(20)18-7-9-22-11-12-23-10-8-19-15(21)24-16(2,3)4/h13H,5-12,17H2,1-4H3,(H,18,20)(H,19,21)/t13-/m1/s1. The van der Waals surface area contributed by atoms with Gasteiger partial charge in [0.25, 0.3) is 0 Å². The van der Waals surface area contributed by atoms with Gasteiger partial charge in [-0.3, -0.25) is 4.79 Å². The van der Waals surface area contributed by atoms with Crippen LogP contribution in [-0.4, -0.2) is 63.2 Å². The van der Waals surface area contributed by atoms with Gasteiger partial charge in [0.05, 0.1) is 26.4 Å². The number of alkyl carbamates (subject to hydrolysis) is 1. The molecule has 8 heteroatoms. The number of nitrogens with two attached hydrogens (primary N) is 1. The summed E-state index contributed by atoms with van der Waals surface area (Å²) in [4.78, 5) is 22.8. The zero-order valence-corrected chi connectivity index (χ0v) is 15.4. The summed E-state index contributed by atoms with van der Waals surface area (Å²) in [7, 11) is 0. The van der Waals surface area contributed by atoms with E-state index in [9.17, 15) is 9.59 Å². The molecule has 8 nitrogen and oxygen atoms in total. The minimum Gasteiger partial charge on any atom is -0.444 e. The van der Waals surface area contributed by atoms with E-state index in [2.05, 4.69) is 10.6 Å². The van der Waals surface area contributed by atoms with Gasteiger partial charge in [-0.15, -0.1) is 0 Å². The van der Waals surface area contributed by atoms with Crippen LogP contribution < -0.4 is 16.4 Å². The Morgan fingerprint density at radius 2 is 1.54 bits per heavy atom. The van der Waals surface area contributed by atoms with Crippen molar-refractivity contribution in [3.8, 4) is 0 Å². The molecular weight excluding hydrogens is 314 g/mol. The summed E-state index contributed by atoms with van der Waals surface area (Å²) in [6.07, 6.45) is 0.658. The summed E-state index contributed by atoms with van der Waals surface area (Å²) in [5, 5.41) is 5.36. The lowest BCUT2D eigenvalue weighted by Crippen LogP contribution is -2.34. The predicted octanol–water partition coefficient (Wildman–Crippen LogP) is 0.788. The van der Waals surface area contributed by atoms with E-state index in [1.807, 2.05) is 27.7 Å². The third-order valence-corrected chi connectivity index (χ3v) is 2.68. The minimum atomic E-state index is -0.503. The first kappa shape index (κ1) is 22.6. The number of nitrogens with one attached hydrogen (secondary N) is 2. The monoisotopic (exact) mass is 347 g/mol. The van der Waals surface area contributed by atoms with Crippen molar-refractivity contribution in [2.75, 3.05) is 39.5 Å². The first-order valence-corrected chi connectivity index (χ1v) is 8.35. The normalized spacial score (nSPS) is 12.5. The summed E-state index contributed by atoms with van der Waals surface area (Å²) in [5.74, 6) is -0.0135. The maximum atomic E-state index is 11.4. The maximum Gasteiger partial charge on any atom is 0.407 e. The summed E-state index contributed by atoms with van der Waals surface area (Å²) >= 11 is 0. The molecule has 24 heavy (non-hydrogen) atoms. The van der Waals surface area contributed by atoms with Crippen LogP contribution in [-0.2, 0) is 19.0 Å². The largest absolute Gasteiger partial charge is 0.444 e. The van der Waals surface area contributed by atoms with Crippen molar-refractivity contribution in [1.82, 2.24) is 10.6 Å². The van der Waals surface area contributed by atoms with Gasteiger partial charge in [0.15, 0.2) is 0 Å². The van der Waals surface area contributed by atoms with Gasteiger partial charge in [-0.2, -0.15) is 0 Å². The van der Waals surface area contributed by atoms with Crippen molar-refractivity contribution in [1.29, 1.82) is 0 Å². The molecular formula is C16H33N3O5. The van der Waals surface area contributed by atoms with E-state index in [0.717, 1.165) is 0 Å². The molecule has 0 heterocycles. The average molecular weight is 347 g/mol. The smallest absolute Gasteiger partial charge is 0.407 e. The van der Waals surface area contributed by atoms with Gasteiger partial charge in [-0.05, 0) is 34.1 Å². The number of amides is 2. The molecule has 0 aromatic heterocycles. The number of rotatable bonds is 12. The van der Waals surface area contributed by atoms with Crippen molar-refractivity contribution in [3.63, 3.8) is 0 Å². The topological polar surface area (TPSA) is 112 Å². The van der Waals surface area contributed by atoms with Crippen LogP contribution in [0.2, 0.25) is 0 Å². The highest BCUT2D eigenvalue weighted by molar-refractivity contribution is 5.75. The summed E-state index contributed by atoms with van der Waals surface area (Å²) in [5.41, 5.74) is 5.08. The first-order chi connectivity index (χ1) is 11.2. The third-order valence-electron chi connectivity index (χ3n) is 2.68. The Kier molecular flexibility index (Phi) is 12.2. The van der Waals surface area contributed by atoms with Gasteiger partial charge < -0.3 is 30.6 Å². The molecule has 0 aliphatic heterocycles. The molecule has 0 aliphatic rings. The zero-order chi connectivity index (χ0) is 18.4. The highest BCUT2D eigenvalue weighted by Gasteiger charge is 2.15. The van der Waals surface area contributed by atoms with E-state index in [-0.39, 0.29) is 11.9 Å². The Hall–Kier alpha value is -1.38. The number of ether oxygens (including phenoxy) is 3. The Morgan fingerprint density at radius 3 is 2.04 bits per heavy atom. The van der Waals surface area contributed by atoms with Crippen LogP contribution in [0.3, 0.4) is 0 Å². The SMILES string of the molecule is C[C@@H](N)CCC(=O)NCCOCCOCCNC(=O)OC(C)(C)C. The van der Waals surface area contributed by atoms with Crippen LogP contribution in [0, 0.1) is 0 Å². The Bertz CT molecular complexity index is 356. The molecule has 142 valence electrons. The van der Waals surface area contributed by atoms with Crippen molar-refractivity contribution in [3.05, 3.63) is 0 Å². The van der Waals surface area contributed by atoms with E-state index in [1.165, 1.54) is 0 Å². The number of carbonyl (C=O) groups excluding carboxylic acids is 2. The van der Waals surface area contributed by atoms with Crippen molar-refractivity contribution < 1.29 is 23.8 Å². The molecule has 0 rings (SSSR count). The summed E-state index contributed by atoms with van der Waals surface area (Å²) < 4.78 is 15.7. The first-order valence-electron chi connectivity index (χ1n) is 8.35. The molecule has 0 aromatic rings. The van der Waals surface area contributed by atoms with E-state index < -0.39 is 11.7 Å². The molecule has 0 fully saturated rings. The van der Waals surface area contributed by atoms with Gasteiger partial charge in [0, 0.05) is 25.6 Å². The van der Waals surface area contributed by atoms with Gasteiger partial charge in [0.2, 0.25) is 5.91 Å². The summed E-state index contributed by atoms with van der Waals surface area (Å²) in [6, 6.07) is 0.0361. The molecule has 0 unspecified atom stereocenters. The second-order valence-corrected chi connectivity index (χ2v) is 6.52. The minimum absolute atomic E-state index is 0.0135. The highest BCUT2D eigenvalue weighted by Crippen LogP contribution is 2.05. The van der Waals surface area contributed by atoms with Gasteiger partial charge in [-0.1, -0.05) is 0 Å². The fourth-order valence-electron chi connectivity index (χ4n) is 1.57. The Balaban J connectivity index is 3.31. The van der Waals surface area contributed by atoms with Crippen molar-refractivity contribution >= 4 is 12.0 Å². The molecule has 0 aromatic carbocycles. The van der Waals surface area contributed by atoms with Crippen LogP contribution in [0.15, 0.2) is 0 Å². The number of carbonyl (C=O) groups is 2. The second-order valence-electron chi connectivity index (χ2n) is 6.52. The molecule has 0 saturated carbocycles. The van der Waals surface area contributed by atoms with E-state index >= 15 is 0 Å². The lowest BCUT2D eigenvalue weighted by molar-refractivity contribution is -0.121. The Labute approximate surface area is 144 Å². The lowest BCUT2D eigenvalue weighted by atomic mass is 10.2. The third kappa shape index (κ3) is 17.0. The average Bonchev–Trinajstić information content (AvgIpc) is 2.45. The van der Waals surface area contributed by atoms with Crippen LogP contribution in [0.4, 0.5) is 4.79 Å². The molecule has 0 saturated heterocycles. The van der Waals surface area contributed by atoms with Crippen LogP contribution >= 0.6 is 0 Å². The zero-order valence-electron chi connectivity index (χ0n) is 15.4. The van der Waals surface area contributed by atoms with E-state index in [4.69, 9.17) is 19.9 Å². The fourth-order valence-corrected chi connectivity index (χ4v) is 1.57. The maximum absolute atomic E-state index is 11.4. The van der Waals surface area contributed by atoms with Gasteiger partial charge >= 0.3 is 6.09 Å². The number of hydrogen-bond donors (Lipinski definition) is 3. The molecule has 4 N–H and O–H groups in total. The molecule has 0 spiro atoms. The van der Waals surface area contributed by atoms with E-state index in [1.54, 1.807) is 0 Å². The van der Waals surface area contributed by atoms with Crippen LogP contribution in [0.25, 0.3) is 0 Å². The van der Waals surface area contributed by atoms with Crippen molar-refractivity contribution in [2.45, 2.75) is 52.2 Å². The summed E-state index contributed by atoms with van der Waals surface area (Å²) in [6.45, 7) is 9.82. The highest BCUT2D eigenvalue weighted by atomic mass is 16.6. The second kappa shape index (κ2) is 13.0. The lowest BCUT2D eigenvalue weighted by Gasteiger charge is -2.19. The molecule has 0 bridgehead atoms. The van der Waals surface area contributed by atoms with Crippen LogP contribution in [0.1, 0.15) is 40.5 Å². The predicted molar refractivity (Wildman–Crippen MR) is 91.8 cm³/mol. The van der Waals surface area contributed by atoms with Crippen LogP contribution in [0.5, 0.6) is 0 Å².